The Kier molecular flexibility index (Phi) is 3.65. The lowest BCUT2D eigenvalue weighted by atomic mass is 9.93. The highest BCUT2D eigenvalue weighted by Gasteiger charge is 2.24. The zero-order valence-corrected chi connectivity index (χ0v) is 13.2. The third kappa shape index (κ3) is 2.40. The van der Waals surface area contributed by atoms with E-state index in [1.807, 2.05) is 0 Å². The number of nitrogens with two attached hydrogens (primary N) is 1. The van der Waals surface area contributed by atoms with Crippen molar-refractivity contribution >= 4 is 11.3 Å². The Bertz CT molecular complexity index is 611. The van der Waals surface area contributed by atoms with Crippen molar-refractivity contribution in [3.8, 4) is 5.13 Å². The molecule has 20 heavy (non-hydrogen) atoms. The van der Waals surface area contributed by atoms with Crippen LogP contribution in [0, 0.1) is 12.8 Å². The van der Waals surface area contributed by atoms with Crippen LogP contribution in [0.15, 0.2) is 6.07 Å². The third-order valence-corrected chi connectivity index (χ3v) is 4.81. The summed E-state index contributed by atoms with van der Waals surface area (Å²) in [5.74, 6) is 0.615. The molecule has 2 heterocycles. The van der Waals surface area contributed by atoms with E-state index in [9.17, 15) is 0 Å². The molecular formula is C15H22N4S. The molecule has 1 aliphatic rings. The Balaban J connectivity index is 2.00. The van der Waals surface area contributed by atoms with Crippen molar-refractivity contribution in [1.82, 2.24) is 14.8 Å². The second-order valence-corrected chi connectivity index (χ2v) is 7.14. The fourth-order valence-corrected chi connectivity index (χ4v) is 4.11. The summed E-state index contributed by atoms with van der Waals surface area (Å²) in [6.07, 6.45) is 4.34. The summed E-state index contributed by atoms with van der Waals surface area (Å²) >= 11 is 1.71. The monoisotopic (exact) mass is 290 g/mol. The molecule has 0 aromatic carbocycles. The molecule has 1 aliphatic carbocycles. The third-order valence-electron chi connectivity index (χ3n) is 3.88. The van der Waals surface area contributed by atoms with Crippen LogP contribution in [-0.2, 0) is 12.8 Å². The molecular weight excluding hydrogens is 268 g/mol. The minimum Gasteiger partial charge on any atom is -0.324 e. The molecule has 1 atom stereocenters. The van der Waals surface area contributed by atoms with Crippen LogP contribution in [0.4, 0.5) is 0 Å². The van der Waals surface area contributed by atoms with Crippen LogP contribution in [0.25, 0.3) is 5.13 Å². The number of hydrogen-bond acceptors (Lipinski definition) is 4. The SMILES string of the molecule is Cc1cc2c(n1-c1nnc(CC(C)C)s1)CCCC2N. The summed E-state index contributed by atoms with van der Waals surface area (Å²) < 4.78 is 2.26. The maximum atomic E-state index is 6.23. The number of rotatable bonds is 3. The maximum absolute atomic E-state index is 6.23. The molecule has 2 N–H and O–H groups in total. The Morgan fingerprint density at radius 2 is 2.25 bits per heavy atom. The van der Waals surface area contributed by atoms with E-state index >= 15 is 0 Å². The normalized spacial score (nSPS) is 18.6. The quantitative estimate of drug-likeness (QED) is 0.944. The van der Waals surface area contributed by atoms with Gasteiger partial charge in [-0.3, -0.25) is 4.57 Å². The molecule has 2 aromatic heterocycles. The molecule has 0 radical (unpaired) electrons. The number of hydrogen-bond donors (Lipinski definition) is 1. The van der Waals surface area contributed by atoms with Gasteiger partial charge >= 0.3 is 0 Å². The lowest BCUT2D eigenvalue weighted by Gasteiger charge is -2.20. The van der Waals surface area contributed by atoms with Crippen LogP contribution >= 0.6 is 11.3 Å². The molecule has 4 nitrogen and oxygen atoms in total. The van der Waals surface area contributed by atoms with E-state index in [0.717, 1.165) is 35.8 Å². The van der Waals surface area contributed by atoms with Gasteiger partial charge < -0.3 is 5.73 Å². The van der Waals surface area contributed by atoms with Crippen LogP contribution in [0.2, 0.25) is 0 Å². The summed E-state index contributed by atoms with van der Waals surface area (Å²) in [5.41, 5.74) is 10.1. The molecule has 0 fully saturated rings. The largest absolute Gasteiger partial charge is 0.324 e. The molecule has 1 unspecified atom stereocenters. The molecule has 0 saturated carbocycles. The van der Waals surface area contributed by atoms with Crippen molar-refractivity contribution in [2.24, 2.45) is 11.7 Å². The van der Waals surface area contributed by atoms with Gasteiger partial charge in [0.2, 0.25) is 5.13 Å². The Labute approximate surface area is 124 Å². The number of aryl methyl sites for hydroxylation is 1. The molecule has 2 aromatic rings. The predicted octanol–water partition coefficient (Wildman–Crippen LogP) is 3.17. The predicted molar refractivity (Wildman–Crippen MR) is 82.4 cm³/mol. The molecule has 3 rings (SSSR count). The fourth-order valence-electron chi connectivity index (χ4n) is 2.97. The second-order valence-electron chi connectivity index (χ2n) is 6.10. The Hall–Kier alpha value is -1.20. The van der Waals surface area contributed by atoms with Crippen molar-refractivity contribution < 1.29 is 0 Å². The van der Waals surface area contributed by atoms with E-state index in [-0.39, 0.29) is 6.04 Å². The molecule has 0 amide bonds. The summed E-state index contributed by atoms with van der Waals surface area (Å²) in [6.45, 7) is 6.56. The minimum atomic E-state index is 0.182. The summed E-state index contributed by atoms with van der Waals surface area (Å²) in [4.78, 5) is 0. The van der Waals surface area contributed by atoms with E-state index < -0.39 is 0 Å². The molecule has 0 spiro atoms. The van der Waals surface area contributed by atoms with Gasteiger partial charge in [-0.05, 0) is 43.7 Å². The lowest BCUT2D eigenvalue weighted by molar-refractivity contribution is 0.559. The fraction of sp³-hybridized carbons (Fsp3) is 0.600. The molecule has 5 heteroatoms. The summed E-state index contributed by atoms with van der Waals surface area (Å²) in [6, 6.07) is 2.41. The van der Waals surface area contributed by atoms with Crippen LogP contribution < -0.4 is 5.73 Å². The standard InChI is InChI=1S/C15H22N4S/c1-9(2)7-14-17-18-15(20-14)19-10(3)8-11-12(16)5-4-6-13(11)19/h8-9,12H,4-7,16H2,1-3H3. The van der Waals surface area contributed by atoms with Gasteiger partial charge in [-0.2, -0.15) is 0 Å². The van der Waals surface area contributed by atoms with Crippen LogP contribution in [0.1, 0.15) is 54.7 Å². The number of fused-ring (bicyclic) bond motifs is 1. The summed E-state index contributed by atoms with van der Waals surface area (Å²) in [5, 5.41) is 10.9. The van der Waals surface area contributed by atoms with Crippen molar-refractivity contribution in [1.29, 1.82) is 0 Å². The van der Waals surface area contributed by atoms with Crippen molar-refractivity contribution in [2.75, 3.05) is 0 Å². The maximum Gasteiger partial charge on any atom is 0.216 e. The van der Waals surface area contributed by atoms with Crippen LogP contribution in [0.5, 0.6) is 0 Å². The van der Waals surface area contributed by atoms with Gasteiger partial charge in [0.15, 0.2) is 0 Å². The van der Waals surface area contributed by atoms with Crippen LogP contribution in [0.3, 0.4) is 0 Å². The Morgan fingerprint density at radius 1 is 1.45 bits per heavy atom. The smallest absolute Gasteiger partial charge is 0.216 e. The Morgan fingerprint density at radius 3 is 3.00 bits per heavy atom. The van der Waals surface area contributed by atoms with Gasteiger partial charge in [0, 0.05) is 23.9 Å². The number of aromatic nitrogens is 3. The van der Waals surface area contributed by atoms with Crippen molar-refractivity contribution in [3.63, 3.8) is 0 Å². The van der Waals surface area contributed by atoms with Gasteiger partial charge in [0.25, 0.3) is 0 Å². The van der Waals surface area contributed by atoms with Gasteiger partial charge in [-0.15, -0.1) is 10.2 Å². The van der Waals surface area contributed by atoms with E-state index in [4.69, 9.17) is 5.73 Å². The van der Waals surface area contributed by atoms with Crippen molar-refractivity contribution in [2.45, 2.75) is 52.5 Å². The zero-order chi connectivity index (χ0) is 14.3. The van der Waals surface area contributed by atoms with Gasteiger partial charge in [0.1, 0.15) is 5.01 Å². The molecule has 108 valence electrons. The summed E-state index contributed by atoms with van der Waals surface area (Å²) in [7, 11) is 0. The van der Waals surface area contributed by atoms with Gasteiger partial charge in [-0.1, -0.05) is 25.2 Å². The highest BCUT2D eigenvalue weighted by molar-refractivity contribution is 7.13. The number of nitrogens with zero attached hydrogens (tertiary/aromatic N) is 3. The van der Waals surface area contributed by atoms with E-state index in [0.29, 0.717) is 5.92 Å². The molecule has 0 saturated heterocycles. The van der Waals surface area contributed by atoms with E-state index in [2.05, 4.69) is 41.6 Å². The first-order valence-corrected chi connectivity index (χ1v) is 8.17. The highest BCUT2D eigenvalue weighted by atomic mass is 32.1. The highest BCUT2D eigenvalue weighted by Crippen LogP contribution is 2.33. The van der Waals surface area contributed by atoms with E-state index in [1.54, 1.807) is 11.3 Å². The van der Waals surface area contributed by atoms with Crippen molar-refractivity contribution in [3.05, 3.63) is 28.0 Å². The second kappa shape index (κ2) is 5.30. The van der Waals surface area contributed by atoms with Gasteiger partial charge in [0.05, 0.1) is 0 Å². The lowest BCUT2D eigenvalue weighted by Crippen LogP contribution is -2.17. The average molecular weight is 290 g/mol. The van der Waals surface area contributed by atoms with Gasteiger partial charge in [-0.25, -0.2) is 0 Å². The van der Waals surface area contributed by atoms with E-state index in [1.165, 1.54) is 17.0 Å². The molecule has 0 bridgehead atoms. The first-order valence-electron chi connectivity index (χ1n) is 7.35. The zero-order valence-electron chi connectivity index (χ0n) is 12.4. The molecule has 0 aliphatic heterocycles. The first-order chi connectivity index (χ1) is 9.56. The minimum absolute atomic E-state index is 0.182. The first kappa shape index (κ1) is 13.8. The van der Waals surface area contributed by atoms with Crippen LogP contribution in [-0.4, -0.2) is 14.8 Å². The topological polar surface area (TPSA) is 56.7 Å². The average Bonchev–Trinajstić information content (AvgIpc) is 2.93.